The maximum Gasteiger partial charge on any atom is 0.194 e. The predicted octanol–water partition coefficient (Wildman–Crippen LogP) is 3.29. The van der Waals surface area contributed by atoms with E-state index in [1.807, 2.05) is 23.9 Å². The lowest BCUT2D eigenvalue weighted by molar-refractivity contribution is 0.184. The normalized spacial score (nSPS) is 11.9. The van der Waals surface area contributed by atoms with Crippen molar-refractivity contribution in [1.29, 1.82) is 0 Å². The van der Waals surface area contributed by atoms with E-state index < -0.39 is 0 Å². The molecule has 1 N–H and O–H groups in total. The summed E-state index contributed by atoms with van der Waals surface area (Å²) in [5.41, 5.74) is 4.75. The molecule has 27 heavy (non-hydrogen) atoms. The molecule has 2 rings (SSSR count). The van der Waals surface area contributed by atoms with Gasteiger partial charge in [0, 0.05) is 46.1 Å². The van der Waals surface area contributed by atoms with Crippen molar-refractivity contribution in [2.75, 3.05) is 20.7 Å². The summed E-state index contributed by atoms with van der Waals surface area (Å²) < 4.78 is 7.20. The molecule has 0 aliphatic rings. The molecule has 1 aromatic carbocycles. The maximum atomic E-state index is 5.30. The Morgan fingerprint density at radius 1 is 1.26 bits per heavy atom. The zero-order chi connectivity index (χ0) is 19.8. The standard InChI is InChI=1S/C21H33N5O/c1-7-22-21(23-12-17-10-8-9-11-18(17)15-27-6)25(4)13-19-14-26(5)24-20(19)16(2)3/h8-11,14,16H,7,12-13,15H2,1-6H3,(H,22,23). The number of aliphatic imine (C=N–C) groups is 1. The predicted molar refractivity (Wildman–Crippen MR) is 111 cm³/mol. The van der Waals surface area contributed by atoms with Gasteiger partial charge in [0.2, 0.25) is 0 Å². The first kappa shape index (κ1) is 21.0. The average Bonchev–Trinajstić information content (AvgIpc) is 3.00. The van der Waals surface area contributed by atoms with Crippen LogP contribution in [0, 0.1) is 0 Å². The fourth-order valence-electron chi connectivity index (χ4n) is 3.13. The molecule has 0 unspecified atom stereocenters. The van der Waals surface area contributed by atoms with E-state index in [0.717, 1.165) is 24.7 Å². The minimum absolute atomic E-state index is 0.398. The molecule has 0 aliphatic heterocycles. The van der Waals surface area contributed by atoms with Crippen molar-refractivity contribution in [2.45, 2.75) is 46.4 Å². The molecule has 6 heteroatoms. The fourth-order valence-corrected chi connectivity index (χ4v) is 3.13. The number of aryl methyl sites for hydroxylation is 1. The van der Waals surface area contributed by atoms with E-state index >= 15 is 0 Å². The van der Waals surface area contributed by atoms with Crippen molar-refractivity contribution in [1.82, 2.24) is 20.0 Å². The van der Waals surface area contributed by atoms with E-state index in [2.05, 4.69) is 61.5 Å². The van der Waals surface area contributed by atoms with E-state index in [1.54, 1.807) is 7.11 Å². The van der Waals surface area contributed by atoms with Crippen molar-refractivity contribution in [3.63, 3.8) is 0 Å². The van der Waals surface area contributed by atoms with Gasteiger partial charge in [0.15, 0.2) is 5.96 Å². The molecule has 0 saturated heterocycles. The third kappa shape index (κ3) is 5.82. The second kappa shape index (κ2) is 10.1. The number of rotatable bonds is 8. The van der Waals surface area contributed by atoms with Gasteiger partial charge in [0.25, 0.3) is 0 Å². The number of benzene rings is 1. The highest BCUT2D eigenvalue weighted by Gasteiger charge is 2.15. The Morgan fingerprint density at radius 3 is 2.59 bits per heavy atom. The summed E-state index contributed by atoms with van der Waals surface area (Å²) in [5.74, 6) is 1.29. The maximum absolute atomic E-state index is 5.30. The summed E-state index contributed by atoms with van der Waals surface area (Å²) in [5, 5.41) is 8.01. The molecule has 0 amide bonds. The van der Waals surface area contributed by atoms with Gasteiger partial charge in [0.1, 0.15) is 0 Å². The molecule has 0 spiro atoms. The van der Waals surface area contributed by atoms with Crippen molar-refractivity contribution in [3.05, 3.63) is 52.8 Å². The zero-order valence-electron chi connectivity index (χ0n) is 17.5. The Balaban J connectivity index is 2.17. The van der Waals surface area contributed by atoms with E-state index in [9.17, 15) is 0 Å². The third-order valence-electron chi connectivity index (χ3n) is 4.41. The van der Waals surface area contributed by atoms with Gasteiger partial charge in [-0.3, -0.25) is 4.68 Å². The van der Waals surface area contributed by atoms with E-state index in [-0.39, 0.29) is 0 Å². The van der Waals surface area contributed by atoms with Crippen LogP contribution in [0.1, 0.15) is 49.1 Å². The van der Waals surface area contributed by atoms with E-state index in [1.165, 1.54) is 16.7 Å². The largest absolute Gasteiger partial charge is 0.380 e. The number of hydrogen-bond acceptors (Lipinski definition) is 3. The second-order valence-corrected chi connectivity index (χ2v) is 7.10. The summed E-state index contributed by atoms with van der Waals surface area (Å²) in [6.45, 7) is 9.27. The van der Waals surface area contributed by atoms with Crippen molar-refractivity contribution < 1.29 is 4.74 Å². The van der Waals surface area contributed by atoms with E-state index in [4.69, 9.17) is 9.73 Å². The summed E-state index contributed by atoms with van der Waals surface area (Å²) in [7, 11) is 5.76. The number of nitrogens with zero attached hydrogens (tertiary/aromatic N) is 4. The number of nitrogens with one attached hydrogen (secondary N) is 1. The Morgan fingerprint density at radius 2 is 1.96 bits per heavy atom. The summed E-state index contributed by atoms with van der Waals surface area (Å²) in [6.07, 6.45) is 2.10. The highest BCUT2D eigenvalue weighted by Crippen LogP contribution is 2.19. The minimum Gasteiger partial charge on any atom is -0.380 e. The Labute approximate surface area is 163 Å². The number of guanidine groups is 1. The SMILES string of the molecule is CCNC(=NCc1ccccc1COC)N(C)Cc1cn(C)nc1C(C)C. The molecule has 148 valence electrons. The van der Waals surface area contributed by atoms with Gasteiger partial charge >= 0.3 is 0 Å². The number of hydrogen-bond donors (Lipinski definition) is 1. The van der Waals surface area contributed by atoms with Gasteiger partial charge in [-0.05, 0) is 24.0 Å². The number of methoxy groups -OCH3 is 1. The van der Waals surface area contributed by atoms with Crippen molar-refractivity contribution >= 4 is 5.96 Å². The van der Waals surface area contributed by atoms with Gasteiger partial charge < -0.3 is 15.0 Å². The van der Waals surface area contributed by atoms with Crippen LogP contribution >= 0.6 is 0 Å². The van der Waals surface area contributed by atoms with Crippen molar-refractivity contribution in [3.8, 4) is 0 Å². The highest BCUT2D eigenvalue weighted by atomic mass is 16.5. The number of aromatic nitrogens is 2. The molecule has 0 fully saturated rings. The molecular formula is C21H33N5O. The van der Waals surface area contributed by atoms with Crippen LogP contribution in [-0.4, -0.2) is 41.3 Å². The van der Waals surface area contributed by atoms with Crippen LogP contribution in [-0.2, 0) is 31.5 Å². The molecule has 6 nitrogen and oxygen atoms in total. The highest BCUT2D eigenvalue weighted by molar-refractivity contribution is 5.79. The number of ether oxygens (including phenoxy) is 1. The molecule has 0 atom stereocenters. The summed E-state index contributed by atoms with van der Waals surface area (Å²) in [4.78, 5) is 7.01. The molecular weight excluding hydrogens is 338 g/mol. The monoisotopic (exact) mass is 371 g/mol. The first-order valence-electron chi connectivity index (χ1n) is 9.53. The molecule has 2 aromatic rings. The zero-order valence-corrected chi connectivity index (χ0v) is 17.5. The van der Waals surface area contributed by atoms with Gasteiger partial charge in [-0.15, -0.1) is 0 Å². The van der Waals surface area contributed by atoms with Gasteiger partial charge in [0.05, 0.1) is 18.8 Å². The van der Waals surface area contributed by atoms with Crippen LogP contribution in [0.5, 0.6) is 0 Å². The van der Waals surface area contributed by atoms with E-state index in [0.29, 0.717) is 19.1 Å². The minimum atomic E-state index is 0.398. The van der Waals surface area contributed by atoms with Gasteiger partial charge in [-0.1, -0.05) is 38.1 Å². The molecule has 1 aromatic heterocycles. The Hall–Kier alpha value is -2.34. The first-order chi connectivity index (χ1) is 13.0. The molecule has 1 heterocycles. The van der Waals surface area contributed by atoms with Crippen molar-refractivity contribution in [2.24, 2.45) is 12.0 Å². The van der Waals surface area contributed by atoms with Crippen LogP contribution in [0.2, 0.25) is 0 Å². The van der Waals surface area contributed by atoms with Crippen LogP contribution in [0.4, 0.5) is 0 Å². The van der Waals surface area contributed by atoms with Crippen LogP contribution in [0.25, 0.3) is 0 Å². The molecule has 0 aliphatic carbocycles. The second-order valence-electron chi connectivity index (χ2n) is 7.10. The Bertz CT molecular complexity index is 751. The lowest BCUT2D eigenvalue weighted by Crippen LogP contribution is -2.38. The van der Waals surface area contributed by atoms with Crippen LogP contribution < -0.4 is 5.32 Å². The quantitative estimate of drug-likeness (QED) is 0.571. The average molecular weight is 372 g/mol. The van der Waals surface area contributed by atoms with Gasteiger partial charge in [-0.25, -0.2) is 4.99 Å². The first-order valence-corrected chi connectivity index (χ1v) is 9.53. The molecule has 0 bridgehead atoms. The topological polar surface area (TPSA) is 54.7 Å². The summed E-state index contributed by atoms with van der Waals surface area (Å²) >= 11 is 0. The molecule has 0 saturated carbocycles. The smallest absolute Gasteiger partial charge is 0.194 e. The van der Waals surface area contributed by atoms with Crippen LogP contribution in [0.3, 0.4) is 0 Å². The Kier molecular flexibility index (Phi) is 7.85. The third-order valence-corrected chi connectivity index (χ3v) is 4.41. The molecule has 0 radical (unpaired) electrons. The lowest BCUT2D eigenvalue weighted by atomic mass is 10.1. The summed E-state index contributed by atoms with van der Waals surface area (Å²) in [6, 6.07) is 8.29. The van der Waals surface area contributed by atoms with Gasteiger partial charge in [-0.2, -0.15) is 5.10 Å². The fraction of sp³-hybridized carbons (Fsp3) is 0.524. The lowest BCUT2D eigenvalue weighted by Gasteiger charge is -2.22. The van der Waals surface area contributed by atoms with Crippen LogP contribution in [0.15, 0.2) is 35.5 Å².